The number of hydrogen-bond donors (Lipinski definition) is 2. The molecule has 1 heterocycles. The normalized spacial score (nSPS) is 12.7. The van der Waals surface area contributed by atoms with E-state index in [0.717, 1.165) is 24.9 Å². The summed E-state index contributed by atoms with van der Waals surface area (Å²) in [5.41, 5.74) is 0. The lowest BCUT2D eigenvalue weighted by Crippen LogP contribution is -2.45. The fraction of sp³-hybridized carbons (Fsp3) is 0.824. The highest BCUT2D eigenvalue weighted by atomic mass is 16.5. The van der Waals surface area contributed by atoms with E-state index >= 15 is 0 Å². The molecule has 138 valence electrons. The minimum Gasteiger partial charge on any atom is -0.356 e. The Labute approximate surface area is 146 Å². The zero-order valence-corrected chi connectivity index (χ0v) is 16.3. The molecule has 0 atom stereocenters. The third kappa shape index (κ3) is 6.86. The molecule has 1 rings (SSSR count). The smallest absolute Gasteiger partial charge is 0.228 e. The lowest BCUT2D eigenvalue weighted by atomic mass is 10.2. The highest BCUT2D eigenvalue weighted by Gasteiger charge is 2.13. The summed E-state index contributed by atoms with van der Waals surface area (Å²) in [6.45, 7) is 15.5. The Balaban J connectivity index is 2.32. The molecule has 0 saturated heterocycles. The van der Waals surface area contributed by atoms with Gasteiger partial charge in [-0.15, -0.1) is 0 Å². The van der Waals surface area contributed by atoms with Crippen LogP contribution in [-0.2, 0) is 6.42 Å². The Hall–Kier alpha value is -1.63. The number of hydrogen-bond acceptors (Lipinski definition) is 5. The maximum atomic E-state index is 5.24. The van der Waals surface area contributed by atoms with Gasteiger partial charge in [0.05, 0.1) is 0 Å². The van der Waals surface area contributed by atoms with Gasteiger partial charge in [0.2, 0.25) is 5.89 Å². The molecule has 0 fully saturated rings. The molecule has 0 bridgehead atoms. The largest absolute Gasteiger partial charge is 0.356 e. The highest BCUT2D eigenvalue weighted by Crippen LogP contribution is 2.09. The van der Waals surface area contributed by atoms with Crippen LogP contribution in [0.1, 0.15) is 59.2 Å². The van der Waals surface area contributed by atoms with Crippen LogP contribution < -0.4 is 10.6 Å². The topological polar surface area (TPSA) is 78.6 Å². The molecular weight excluding hydrogens is 304 g/mol. The average Bonchev–Trinajstić information content (AvgIpc) is 2.98. The fourth-order valence-electron chi connectivity index (χ4n) is 2.53. The van der Waals surface area contributed by atoms with E-state index in [0.29, 0.717) is 30.9 Å². The monoisotopic (exact) mass is 338 g/mol. The average molecular weight is 339 g/mol. The van der Waals surface area contributed by atoms with Crippen LogP contribution in [0.25, 0.3) is 0 Å². The minimum atomic E-state index is 0.287. The molecule has 7 nitrogen and oxygen atoms in total. The van der Waals surface area contributed by atoms with Gasteiger partial charge in [0.25, 0.3) is 0 Å². The molecule has 1 aromatic heterocycles. The Morgan fingerprint density at radius 3 is 2.21 bits per heavy atom. The van der Waals surface area contributed by atoms with E-state index in [2.05, 4.69) is 72.2 Å². The number of aromatic nitrogens is 2. The van der Waals surface area contributed by atoms with Crippen LogP contribution in [0, 0.1) is 0 Å². The van der Waals surface area contributed by atoms with Gasteiger partial charge in [0.1, 0.15) is 0 Å². The lowest BCUT2D eigenvalue weighted by Gasteiger charge is -2.30. The first-order valence-corrected chi connectivity index (χ1v) is 8.87. The van der Waals surface area contributed by atoms with Crippen molar-refractivity contribution in [3.63, 3.8) is 0 Å². The highest BCUT2D eigenvalue weighted by molar-refractivity contribution is 5.79. The van der Waals surface area contributed by atoms with Gasteiger partial charge in [-0.05, 0) is 27.7 Å². The molecule has 24 heavy (non-hydrogen) atoms. The van der Waals surface area contributed by atoms with Crippen LogP contribution in [0.3, 0.4) is 0 Å². The second-order valence-electron chi connectivity index (χ2n) is 6.80. The molecule has 0 aliphatic rings. The molecule has 1 aromatic rings. The Morgan fingerprint density at radius 1 is 1.08 bits per heavy atom. The molecule has 2 N–H and O–H groups in total. The van der Waals surface area contributed by atoms with Crippen molar-refractivity contribution in [3.05, 3.63) is 11.7 Å². The van der Waals surface area contributed by atoms with Gasteiger partial charge in [-0.1, -0.05) is 19.0 Å². The third-order valence-corrected chi connectivity index (χ3v) is 3.84. The van der Waals surface area contributed by atoms with Gasteiger partial charge >= 0.3 is 0 Å². The maximum Gasteiger partial charge on any atom is 0.228 e. The number of nitrogens with zero attached hydrogens (tertiary/aromatic N) is 4. The third-order valence-electron chi connectivity index (χ3n) is 3.84. The van der Waals surface area contributed by atoms with Crippen LogP contribution in [0.2, 0.25) is 0 Å². The minimum absolute atomic E-state index is 0.287. The SMILES string of the molecule is CN=C(NCCc1nc(C(C)C)no1)NCCN(C(C)C)C(C)C. The molecular formula is C17H34N6O. The standard InChI is InChI=1S/C17H34N6O/c1-12(2)16-21-15(24-22-16)8-9-19-17(18-7)20-10-11-23(13(3)4)14(5)6/h12-14H,8-11H2,1-7H3,(H2,18,19,20). The van der Waals surface area contributed by atoms with E-state index < -0.39 is 0 Å². The Kier molecular flexibility index (Phi) is 8.74. The van der Waals surface area contributed by atoms with Crippen LogP contribution in [-0.4, -0.2) is 59.8 Å². The lowest BCUT2D eigenvalue weighted by molar-refractivity contribution is 0.178. The molecule has 0 radical (unpaired) electrons. The Morgan fingerprint density at radius 2 is 1.71 bits per heavy atom. The van der Waals surface area contributed by atoms with Crippen molar-refractivity contribution in [1.29, 1.82) is 0 Å². The summed E-state index contributed by atoms with van der Waals surface area (Å²) in [7, 11) is 1.78. The van der Waals surface area contributed by atoms with E-state index in [4.69, 9.17) is 4.52 Å². The van der Waals surface area contributed by atoms with E-state index in [1.54, 1.807) is 7.05 Å². The summed E-state index contributed by atoms with van der Waals surface area (Å²) in [6.07, 6.45) is 0.685. The van der Waals surface area contributed by atoms with Crippen molar-refractivity contribution < 1.29 is 4.52 Å². The molecule has 0 unspecified atom stereocenters. The number of aliphatic imine (C=N–C) groups is 1. The van der Waals surface area contributed by atoms with Gasteiger partial charge in [-0.2, -0.15) is 4.98 Å². The van der Waals surface area contributed by atoms with Crippen molar-refractivity contribution in [2.45, 2.75) is 66.0 Å². The van der Waals surface area contributed by atoms with E-state index in [-0.39, 0.29) is 5.92 Å². The van der Waals surface area contributed by atoms with Crippen molar-refractivity contribution in [2.75, 3.05) is 26.7 Å². The first-order chi connectivity index (χ1) is 11.3. The zero-order chi connectivity index (χ0) is 18.1. The van der Waals surface area contributed by atoms with Gasteiger partial charge in [0, 0.05) is 51.1 Å². The molecule has 0 aliphatic heterocycles. The van der Waals surface area contributed by atoms with Crippen molar-refractivity contribution in [1.82, 2.24) is 25.7 Å². The maximum absolute atomic E-state index is 5.24. The molecule has 0 amide bonds. The predicted molar refractivity (Wildman–Crippen MR) is 98.4 cm³/mol. The molecule has 7 heteroatoms. The van der Waals surface area contributed by atoms with Crippen LogP contribution in [0.5, 0.6) is 0 Å². The van der Waals surface area contributed by atoms with E-state index in [9.17, 15) is 0 Å². The van der Waals surface area contributed by atoms with Gasteiger partial charge in [0.15, 0.2) is 11.8 Å². The second kappa shape index (κ2) is 10.3. The number of guanidine groups is 1. The summed E-state index contributed by atoms with van der Waals surface area (Å²) in [5.74, 6) is 2.50. The van der Waals surface area contributed by atoms with E-state index in [1.807, 2.05) is 0 Å². The van der Waals surface area contributed by atoms with Crippen molar-refractivity contribution in [2.24, 2.45) is 4.99 Å². The van der Waals surface area contributed by atoms with Crippen LogP contribution in [0.4, 0.5) is 0 Å². The van der Waals surface area contributed by atoms with Gasteiger partial charge in [-0.25, -0.2) is 0 Å². The van der Waals surface area contributed by atoms with Crippen LogP contribution in [0.15, 0.2) is 9.52 Å². The summed E-state index contributed by atoms with van der Waals surface area (Å²) in [6, 6.07) is 1.07. The number of nitrogens with one attached hydrogen (secondary N) is 2. The van der Waals surface area contributed by atoms with Crippen molar-refractivity contribution >= 4 is 5.96 Å². The Bertz CT molecular complexity index is 487. The molecule has 0 aliphatic carbocycles. The first-order valence-electron chi connectivity index (χ1n) is 8.87. The zero-order valence-electron chi connectivity index (χ0n) is 16.3. The molecule has 0 aromatic carbocycles. The van der Waals surface area contributed by atoms with Crippen molar-refractivity contribution in [3.8, 4) is 0 Å². The predicted octanol–water partition coefficient (Wildman–Crippen LogP) is 2.02. The molecule has 0 saturated carbocycles. The van der Waals surface area contributed by atoms with E-state index in [1.165, 1.54) is 0 Å². The number of rotatable bonds is 9. The van der Waals surface area contributed by atoms with Gasteiger partial charge in [-0.3, -0.25) is 9.89 Å². The quantitative estimate of drug-likeness (QED) is 0.530. The van der Waals surface area contributed by atoms with Crippen LogP contribution >= 0.6 is 0 Å². The van der Waals surface area contributed by atoms with Gasteiger partial charge < -0.3 is 15.2 Å². The second-order valence-corrected chi connectivity index (χ2v) is 6.80. The summed E-state index contributed by atoms with van der Waals surface area (Å²) < 4.78 is 5.24. The summed E-state index contributed by atoms with van der Waals surface area (Å²) in [5, 5.41) is 10.6. The summed E-state index contributed by atoms with van der Waals surface area (Å²) >= 11 is 0. The molecule has 0 spiro atoms. The first kappa shape index (κ1) is 20.4. The fourth-order valence-corrected chi connectivity index (χ4v) is 2.53. The summed E-state index contributed by atoms with van der Waals surface area (Å²) in [4.78, 5) is 11.1.